The molecule has 2 rings (SSSR count). The molecule has 0 aliphatic carbocycles. The minimum absolute atomic E-state index is 0.182. The molecule has 100 valence electrons. The van der Waals surface area contributed by atoms with Crippen LogP contribution >= 0.6 is 22.7 Å². The second kappa shape index (κ2) is 6.32. The Morgan fingerprint density at radius 2 is 2.16 bits per heavy atom. The molecule has 0 fully saturated rings. The average molecular weight is 313 g/mol. The van der Waals surface area contributed by atoms with Crippen LogP contribution in [0.15, 0.2) is 33.9 Å². The number of nitrogens with one attached hydrogen (secondary N) is 1. The van der Waals surface area contributed by atoms with Crippen molar-refractivity contribution in [2.24, 2.45) is 0 Å². The van der Waals surface area contributed by atoms with E-state index in [1.807, 2.05) is 12.1 Å². The summed E-state index contributed by atoms with van der Waals surface area (Å²) in [6, 6.07) is 6.90. The fourth-order valence-corrected chi connectivity index (χ4v) is 4.28. The Morgan fingerprint density at radius 3 is 2.84 bits per heavy atom. The van der Waals surface area contributed by atoms with Crippen LogP contribution in [0, 0.1) is 11.8 Å². The summed E-state index contributed by atoms with van der Waals surface area (Å²) in [4.78, 5) is 1.68. The van der Waals surface area contributed by atoms with E-state index in [0.717, 1.165) is 9.75 Å². The highest BCUT2D eigenvalue weighted by Crippen LogP contribution is 2.18. The predicted octanol–water partition coefficient (Wildman–Crippen LogP) is 1.63. The first-order valence-corrected chi connectivity index (χ1v) is 8.51. The molecule has 0 saturated heterocycles. The molecule has 0 saturated carbocycles. The Morgan fingerprint density at radius 1 is 1.32 bits per heavy atom. The van der Waals surface area contributed by atoms with E-state index in [-0.39, 0.29) is 13.2 Å². The third-order valence-corrected chi connectivity index (χ3v) is 5.95. The molecule has 7 heteroatoms. The highest BCUT2D eigenvalue weighted by Gasteiger charge is 2.14. The van der Waals surface area contributed by atoms with Crippen molar-refractivity contribution in [2.75, 3.05) is 6.61 Å². The van der Waals surface area contributed by atoms with Crippen LogP contribution in [0.25, 0.3) is 0 Å². The number of hydrogen-bond donors (Lipinski definition) is 2. The molecule has 0 atom stereocenters. The summed E-state index contributed by atoms with van der Waals surface area (Å²) in [5, 5.41) is 10.3. The minimum Gasteiger partial charge on any atom is -0.384 e. The molecule has 0 aliphatic rings. The van der Waals surface area contributed by atoms with Crippen LogP contribution < -0.4 is 4.72 Å². The maximum absolute atomic E-state index is 11.9. The van der Waals surface area contributed by atoms with Crippen LogP contribution in [0.3, 0.4) is 0 Å². The van der Waals surface area contributed by atoms with E-state index in [9.17, 15) is 8.42 Å². The number of aliphatic hydroxyl groups is 1. The van der Waals surface area contributed by atoms with E-state index in [2.05, 4.69) is 16.6 Å². The van der Waals surface area contributed by atoms with Crippen molar-refractivity contribution in [2.45, 2.75) is 10.8 Å². The van der Waals surface area contributed by atoms with Crippen LogP contribution in [0.2, 0.25) is 0 Å². The Kier molecular flexibility index (Phi) is 4.74. The third-order valence-electron chi connectivity index (χ3n) is 2.15. The maximum atomic E-state index is 11.9. The van der Waals surface area contributed by atoms with Gasteiger partial charge in [-0.2, -0.15) is 0 Å². The lowest BCUT2D eigenvalue weighted by Gasteiger charge is -2.02. The Hall–Kier alpha value is -1.17. The Labute approximate surface area is 119 Å². The van der Waals surface area contributed by atoms with Crippen molar-refractivity contribution in [3.63, 3.8) is 0 Å². The molecule has 2 aromatic rings. The van der Waals surface area contributed by atoms with Crippen molar-refractivity contribution < 1.29 is 13.5 Å². The molecular formula is C12H11NO3S3. The summed E-state index contributed by atoms with van der Waals surface area (Å²) in [6.07, 6.45) is 0. The molecule has 0 amide bonds. The lowest BCUT2D eigenvalue weighted by molar-refractivity contribution is 0.350. The standard InChI is InChI=1S/C12H11NO3S3/c14-7-1-3-10-5-6-11(18-10)9-13-19(15,16)12-4-2-8-17-12/h2,4-6,8,13-14H,7,9H2. The number of sulfonamides is 1. The van der Waals surface area contributed by atoms with E-state index in [4.69, 9.17) is 5.11 Å². The first kappa shape index (κ1) is 14.2. The van der Waals surface area contributed by atoms with Crippen LogP contribution in [0.4, 0.5) is 0 Å². The van der Waals surface area contributed by atoms with Crippen LogP contribution in [-0.4, -0.2) is 20.1 Å². The Bertz CT molecular complexity index is 690. The zero-order valence-electron chi connectivity index (χ0n) is 9.79. The molecule has 0 aromatic carbocycles. The molecule has 2 N–H and O–H groups in total. The van der Waals surface area contributed by atoms with Gasteiger partial charge >= 0.3 is 0 Å². The van der Waals surface area contributed by atoms with E-state index >= 15 is 0 Å². The largest absolute Gasteiger partial charge is 0.384 e. The highest BCUT2D eigenvalue weighted by molar-refractivity contribution is 7.91. The molecule has 19 heavy (non-hydrogen) atoms. The maximum Gasteiger partial charge on any atom is 0.250 e. The zero-order chi connectivity index (χ0) is 13.7. The molecule has 0 spiro atoms. The van der Waals surface area contributed by atoms with Gasteiger partial charge in [0.15, 0.2) is 0 Å². The number of thiophene rings is 2. The Balaban J connectivity index is 2.01. The van der Waals surface area contributed by atoms with E-state index in [1.165, 1.54) is 22.7 Å². The summed E-state index contributed by atoms with van der Waals surface area (Å²) < 4.78 is 26.6. The van der Waals surface area contributed by atoms with Crippen molar-refractivity contribution in [3.8, 4) is 11.8 Å². The molecule has 2 heterocycles. The van der Waals surface area contributed by atoms with Crippen molar-refractivity contribution in [1.82, 2.24) is 4.72 Å². The summed E-state index contributed by atoms with van der Waals surface area (Å²) in [6.45, 7) is 0.0595. The third kappa shape index (κ3) is 3.89. The first-order chi connectivity index (χ1) is 9.12. The van der Waals surface area contributed by atoms with Crippen LogP contribution in [0.5, 0.6) is 0 Å². The summed E-state index contributed by atoms with van der Waals surface area (Å²) in [5.74, 6) is 5.33. The number of hydrogen-bond acceptors (Lipinski definition) is 5. The minimum atomic E-state index is -3.42. The molecule has 0 bridgehead atoms. The molecule has 0 radical (unpaired) electrons. The van der Waals surface area contributed by atoms with Crippen LogP contribution in [-0.2, 0) is 16.6 Å². The van der Waals surface area contributed by atoms with Crippen molar-refractivity contribution in [3.05, 3.63) is 39.4 Å². The monoisotopic (exact) mass is 313 g/mol. The molecule has 2 aromatic heterocycles. The van der Waals surface area contributed by atoms with E-state index in [1.54, 1.807) is 17.5 Å². The van der Waals surface area contributed by atoms with Gasteiger partial charge in [-0.15, -0.1) is 22.7 Å². The van der Waals surface area contributed by atoms with Gasteiger partial charge in [0.25, 0.3) is 0 Å². The normalized spacial score (nSPS) is 11.0. The molecule has 0 unspecified atom stereocenters. The van der Waals surface area contributed by atoms with Crippen LogP contribution in [0.1, 0.15) is 9.75 Å². The van der Waals surface area contributed by atoms with E-state index in [0.29, 0.717) is 4.21 Å². The van der Waals surface area contributed by atoms with Crippen molar-refractivity contribution in [1.29, 1.82) is 0 Å². The predicted molar refractivity (Wildman–Crippen MR) is 76.6 cm³/mol. The molecular weight excluding hydrogens is 302 g/mol. The zero-order valence-corrected chi connectivity index (χ0v) is 12.2. The van der Waals surface area contributed by atoms with Gasteiger partial charge in [-0.3, -0.25) is 0 Å². The van der Waals surface area contributed by atoms with Gasteiger partial charge in [0.1, 0.15) is 10.8 Å². The van der Waals surface area contributed by atoms with Gasteiger partial charge in [0, 0.05) is 11.4 Å². The lowest BCUT2D eigenvalue weighted by Crippen LogP contribution is -2.21. The van der Waals surface area contributed by atoms with Gasteiger partial charge in [-0.25, -0.2) is 13.1 Å². The van der Waals surface area contributed by atoms with Gasteiger partial charge in [0.05, 0.1) is 4.88 Å². The first-order valence-electron chi connectivity index (χ1n) is 5.33. The number of rotatable bonds is 4. The van der Waals surface area contributed by atoms with Gasteiger partial charge in [-0.05, 0) is 23.6 Å². The molecule has 4 nitrogen and oxygen atoms in total. The van der Waals surface area contributed by atoms with Crippen molar-refractivity contribution >= 4 is 32.7 Å². The van der Waals surface area contributed by atoms with Gasteiger partial charge in [0.2, 0.25) is 10.0 Å². The molecule has 0 aliphatic heterocycles. The smallest absolute Gasteiger partial charge is 0.250 e. The highest BCUT2D eigenvalue weighted by atomic mass is 32.2. The lowest BCUT2D eigenvalue weighted by atomic mass is 10.4. The fourth-order valence-electron chi connectivity index (χ4n) is 1.32. The summed E-state index contributed by atoms with van der Waals surface area (Å²) in [7, 11) is -3.42. The average Bonchev–Trinajstić information content (AvgIpc) is 3.05. The quantitative estimate of drug-likeness (QED) is 0.843. The van der Waals surface area contributed by atoms with E-state index < -0.39 is 10.0 Å². The van der Waals surface area contributed by atoms with Gasteiger partial charge < -0.3 is 5.11 Å². The van der Waals surface area contributed by atoms with Gasteiger partial charge in [-0.1, -0.05) is 17.9 Å². The topological polar surface area (TPSA) is 66.4 Å². The second-order valence-corrected chi connectivity index (χ2v) is 7.59. The SMILES string of the molecule is O=S(=O)(NCc1ccc(C#CCO)s1)c1cccs1. The summed E-state index contributed by atoms with van der Waals surface area (Å²) in [5.41, 5.74) is 0. The second-order valence-electron chi connectivity index (χ2n) is 3.48. The fraction of sp³-hybridized carbons (Fsp3) is 0.167. The number of aliphatic hydroxyl groups excluding tert-OH is 1. The summed E-state index contributed by atoms with van der Waals surface area (Å²) >= 11 is 2.59.